The lowest BCUT2D eigenvalue weighted by Crippen LogP contribution is -2.47. The lowest BCUT2D eigenvalue weighted by molar-refractivity contribution is -0.137. The average Bonchev–Trinajstić information content (AvgIpc) is 3.43. The van der Waals surface area contributed by atoms with Gasteiger partial charge in [-0.1, -0.05) is 66.7 Å². The van der Waals surface area contributed by atoms with Crippen LogP contribution in [0.15, 0.2) is 78.9 Å². The van der Waals surface area contributed by atoms with E-state index in [-0.39, 0.29) is 25.3 Å². The highest BCUT2D eigenvalue weighted by Crippen LogP contribution is 2.37. The third kappa shape index (κ3) is 11.0. The number of carbonyl (C=O) groups is 2. The molecule has 0 spiro atoms. The van der Waals surface area contributed by atoms with E-state index in [1.54, 1.807) is 25.7 Å². The molecular weight excluding hydrogens is 634 g/mol. The molecule has 0 radical (unpaired) electrons. The quantitative estimate of drug-likeness (QED) is 0.190. The largest absolute Gasteiger partial charge is 0.494 e. The number of ether oxygens (including phenoxy) is 3. The van der Waals surface area contributed by atoms with Gasteiger partial charge in [0.15, 0.2) is 0 Å². The van der Waals surface area contributed by atoms with Crippen molar-refractivity contribution in [2.24, 2.45) is 0 Å². The molecule has 50 heavy (non-hydrogen) atoms. The van der Waals surface area contributed by atoms with E-state index in [0.717, 1.165) is 67.3 Å². The van der Waals surface area contributed by atoms with Gasteiger partial charge in [-0.3, -0.25) is 9.69 Å². The van der Waals surface area contributed by atoms with E-state index >= 15 is 0 Å². The van der Waals surface area contributed by atoms with Crippen LogP contribution in [0.2, 0.25) is 0 Å². The van der Waals surface area contributed by atoms with Crippen LogP contribution in [0.1, 0.15) is 68.3 Å². The van der Waals surface area contributed by atoms with Crippen molar-refractivity contribution in [3.8, 4) is 5.75 Å². The molecule has 1 heterocycles. The Balaban J connectivity index is 1.25. The van der Waals surface area contributed by atoms with E-state index < -0.39 is 36.0 Å². The second kappa shape index (κ2) is 17.8. The fourth-order valence-corrected chi connectivity index (χ4v) is 6.69. The maximum absolute atomic E-state index is 14.1. The molecule has 1 aliphatic carbocycles. The molecule has 270 valence electrons. The molecule has 2 aliphatic rings. The highest BCUT2D eigenvalue weighted by molar-refractivity contribution is 5.77. The first kappa shape index (κ1) is 37.3. The molecule has 10 nitrogen and oxygen atoms in total. The van der Waals surface area contributed by atoms with Crippen LogP contribution in [0, 0.1) is 0 Å². The lowest BCUT2D eigenvalue weighted by Gasteiger charge is -2.33. The number of aliphatic hydroxyl groups is 2. The highest BCUT2D eigenvalue weighted by atomic mass is 16.6. The van der Waals surface area contributed by atoms with Gasteiger partial charge < -0.3 is 34.6 Å². The molecule has 10 heteroatoms. The van der Waals surface area contributed by atoms with E-state index in [4.69, 9.17) is 14.2 Å². The molecule has 3 aromatic carbocycles. The van der Waals surface area contributed by atoms with Gasteiger partial charge in [-0.2, -0.15) is 0 Å². The van der Waals surface area contributed by atoms with Gasteiger partial charge >= 0.3 is 6.09 Å². The van der Waals surface area contributed by atoms with Crippen molar-refractivity contribution in [2.45, 2.75) is 89.3 Å². The zero-order valence-corrected chi connectivity index (χ0v) is 29.6. The normalized spacial score (nSPS) is 18.9. The summed E-state index contributed by atoms with van der Waals surface area (Å²) in [5.41, 5.74) is 3.10. The summed E-state index contributed by atoms with van der Waals surface area (Å²) in [4.78, 5) is 31.0. The van der Waals surface area contributed by atoms with Crippen LogP contribution < -0.4 is 10.1 Å². The Morgan fingerprint density at radius 1 is 0.980 bits per heavy atom. The minimum Gasteiger partial charge on any atom is -0.494 e. The van der Waals surface area contributed by atoms with E-state index in [1.807, 2.05) is 78.9 Å². The predicted octanol–water partition coefficient (Wildman–Crippen LogP) is 5.05. The summed E-state index contributed by atoms with van der Waals surface area (Å²) in [5.74, 6) is 0.578. The van der Waals surface area contributed by atoms with E-state index in [0.29, 0.717) is 19.4 Å². The maximum Gasteiger partial charge on any atom is 0.407 e. The smallest absolute Gasteiger partial charge is 0.407 e. The van der Waals surface area contributed by atoms with Crippen LogP contribution in [-0.4, -0.2) is 95.3 Å². The topological polar surface area (TPSA) is 121 Å². The molecule has 2 amide bonds. The molecule has 1 aliphatic heterocycles. The van der Waals surface area contributed by atoms with Crippen LogP contribution in [0.3, 0.4) is 0 Å². The zero-order valence-electron chi connectivity index (χ0n) is 29.6. The number of hydrogen-bond acceptors (Lipinski definition) is 8. The third-order valence-corrected chi connectivity index (χ3v) is 9.21. The van der Waals surface area contributed by atoms with Crippen molar-refractivity contribution in [3.05, 3.63) is 101 Å². The Morgan fingerprint density at radius 2 is 1.68 bits per heavy atom. The molecule has 0 bridgehead atoms. The van der Waals surface area contributed by atoms with Crippen LogP contribution in [-0.2, 0) is 33.7 Å². The van der Waals surface area contributed by atoms with Gasteiger partial charge in [0.25, 0.3) is 0 Å². The maximum atomic E-state index is 14.1. The third-order valence-electron chi connectivity index (χ3n) is 9.21. The Labute approximate surface area is 296 Å². The summed E-state index contributed by atoms with van der Waals surface area (Å²) in [7, 11) is 0. The lowest BCUT2D eigenvalue weighted by atomic mass is 9.97. The standard InChI is InChI=1S/C40H53N3O7/c1-40(2,3)50-39(47)41-34(26-29-10-5-4-6-11-29)35(44)18-19-37(46)43(38-33-13-8-7-12-31(33)27-36(38)45)28-30-14-16-32(17-15-30)49-23-9-20-42-21-24-48-25-22-42/h4-8,10-17,34-36,38,44-45H,9,18-28H2,1-3H3,(H,41,47)/t34-,35-,36+,38-/m0/s1. The molecule has 1 saturated heterocycles. The average molecular weight is 688 g/mol. The van der Waals surface area contributed by atoms with Gasteiger partial charge in [0.1, 0.15) is 11.4 Å². The second-order valence-electron chi connectivity index (χ2n) is 14.3. The number of benzene rings is 3. The van der Waals surface area contributed by atoms with Crippen LogP contribution >= 0.6 is 0 Å². The molecule has 3 N–H and O–H groups in total. The number of fused-ring (bicyclic) bond motifs is 1. The number of nitrogens with one attached hydrogen (secondary N) is 1. The number of aliphatic hydroxyl groups excluding tert-OH is 2. The summed E-state index contributed by atoms with van der Waals surface area (Å²) < 4.78 is 16.9. The molecule has 5 rings (SSSR count). The Bertz CT molecular complexity index is 1510. The van der Waals surface area contributed by atoms with Crippen LogP contribution in [0.25, 0.3) is 0 Å². The fourth-order valence-electron chi connectivity index (χ4n) is 6.69. The summed E-state index contributed by atoms with van der Waals surface area (Å²) in [6.07, 6.45) is -0.500. The Morgan fingerprint density at radius 3 is 2.40 bits per heavy atom. The van der Waals surface area contributed by atoms with Crippen molar-refractivity contribution in [1.29, 1.82) is 0 Å². The number of hydrogen-bond donors (Lipinski definition) is 3. The fraction of sp³-hybridized carbons (Fsp3) is 0.500. The van der Waals surface area contributed by atoms with E-state index in [2.05, 4.69) is 10.2 Å². The first-order chi connectivity index (χ1) is 24.1. The molecule has 0 saturated carbocycles. The number of amides is 2. The summed E-state index contributed by atoms with van der Waals surface area (Å²) in [5, 5.41) is 25.5. The molecule has 0 unspecified atom stereocenters. The van der Waals surface area contributed by atoms with Gasteiger partial charge in [0, 0.05) is 39.0 Å². The molecule has 4 atom stereocenters. The predicted molar refractivity (Wildman–Crippen MR) is 192 cm³/mol. The Kier molecular flexibility index (Phi) is 13.3. The summed E-state index contributed by atoms with van der Waals surface area (Å²) in [6.45, 7) is 10.7. The SMILES string of the molecule is CC(C)(C)OC(=O)N[C@@H](Cc1ccccc1)[C@@H](O)CCC(=O)N(Cc1ccc(OCCCN2CCOCC2)cc1)[C@H]1c2ccccc2C[C@H]1O. The van der Waals surface area contributed by atoms with Crippen molar-refractivity contribution in [3.63, 3.8) is 0 Å². The molecule has 1 fully saturated rings. The molecule has 3 aromatic rings. The first-order valence-corrected chi connectivity index (χ1v) is 17.8. The number of nitrogens with zero attached hydrogens (tertiary/aromatic N) is 2. The Hall–Kier alpha value is -3.96. The van der Waals surface area contributed by atoms with Gasteiger partial charge in [0.05, 0.1) is 44.1 Å². The van der Waals surface area contributed by atoms with Gasteiger partial charge in [0.2, 0.25) is 5.91 Å². The first-order valence-electron chi connectivity index (χ1n) is 17.8. The number of morpholine rings is 1. The van der Waals surface area contributed by atoms with Crippen LogP contribution in [0.4, 0.5) is 4.79 Å². The number of alkyl carbamates (subject to hydrolysis) is 1. The van der Waals surface area contributed by atoms with Gasteiger partial charge in [-0.25, -0.2) is 4.79 Å². The number of rotatable bonds is 15. The monoisotopic (exact) mass is 687 g/mol. The van der Waals surface area contributed by atoms with Gasteiger partial charge in [-0.15, -0.1) is 0 Å². The summed E-state index contributed by atoms with van der Waals surface area (Å²) >= 11 is 0. The van der Waals surface area contributed by atoms with Crippen molar-refractivity contribution in [1.82, 2.24) is 15.1 Å². The minimum atomic E-state index is -1.02. The highest BCUT2D eigenvalue weighted by Gasteiger charge is 2.38. The van der Waals surface area contributed by atoms with Crippen molar-refractivity contribution in [2.75, 3.05) is 39.5 Å². The van der Waals surface area contributed by atoms with Crippen molar-refractivity contribution < 1.29 is 34.0 Å². The van der Waals surface area contributed by atoms with Crippen molar-refractivity contribution >= 4 is 12.0 Å². The van der Waals surface area contributed by atoms with E-state index in [9.17, 15) is 19.8 Å². The minimum absolute atomic E-state index is 0.0260. The second-order valence-corrected chi connectivity index (χ2v) is 14.3. The summed E-state index contributed by atoms with van der Waals surface area (Å²) in [6, 6.07) is 24.0. The number of carbonyl (C=O) groups excluding carboxylic acids is 2. The molecule has 0 aromatic heterocycles. The van der Waals surface area contributed by atoms with Crippen LogP contribution in [0.5, 0.6) is 5.75 Å². The molecular formula is C40H53N3O7. The van der Waals surface area contributed by atoms with Gasteiger partial charge in [-0.05, 0) is 74.4 Å². The van der Waals surface area contributed by atoms with E-state index in [1.165, 1.54) is 0 Å². The zero-order chi connectivity index (χ0) is 35.5.